The molecule has 0 aromatic carbocycles. The Morgan fingerprint density at radius 2 is 1.75 bits per heavy atom. The largest absolute Gasteiger partial charge is 0.559 e. The van der Waals surface area contributed by atoms with Gasteiger partial charge in [-0.15, -0.1) is 0 Å². The first-order valence-corrected chi connectivity index (χ1v) is 8.30. The van der Waals surface area contributed by atoms with E-state index in [1.165, 1.54) is 13.1 Å². The van der Waals surface area contributed by atoms with Gasteiger partial charge >= 0.3 is 7.25 Å². The van der Waals surface area contributed by atoms with Crippen LogP contribution < -0.4 is 0 Å². The molecule has 0 N–H and O–H groups in total. The molecule has 24 heavy (non-hydrogen) atoms. The van der Waals surface area contributed by atoms with Crippen molar-refractivity contribution in [2.24, 2.45) is 11.8 Å². The molecular formula is C16H22BFN2O4. The second-order valence-corrected chi connectivity index (χ2v) is 8.25. The van der Waals surface area contributed by atoms with Crippen LogP contribution in [0.4, 0.5) is 4.39 Å². The number of amides is 2. The maximum Gasteiger partial charge on any atom is 0.559 e. The van der Waals surface area contributed by atoms with Crippen molar-refractivity contribution in [3.63, 3.8) is 0 Å². The Bertz CT molecular complexity index is 650. The maximum atomic E-state index is 15.5. The number of nitrogens with zero attached hydrogens (tertiary/aromatic N) is 2. The van der Waals surface area contributed by atoms with Crippen molar-refractivity contribution < 1.29 is 23.3 Å². The fourth-order valence-corrected chi connectivity index (χ4v) is 4.18. The molecule has 1 aliphatic carbocycles. The molecule has 5 aliphatic rings. The van der Waals surface area contributed by atoms with E-state index >= 15 is 4.39 Å². The van der Waals surface area contributed by atoms with Gasteiger partial charge in [-0.2, -0.15) is 0 Å². The van der Waals surface area contributed by atoms with Crippen LogP contribution in [0.1, 0.15) is 27.7 Å². The van der Waals surface area contributed by atoms with Gasteiger partial charge in [-0.1, -0.05) is 6.08 Å². The molecule has 0 saturated carbocycles. The summed E-state index contributed by atoms with van der Waals surface area (Å²) in [6.45, 7) is 7.70. The van der Waals surface area contributed by atoms with Crippen LogP contribution in [-0.4, -0.2) is 65.3 Å². The number of alkyl halides is 1. The fraction of sp³-hybridized carbons (Fsp3) is 0.750. The average Bonchev–Trinajstić information content (AvgIpc) is 2.85. The minimum absolute atomic E-state index is 0.0149. The molecule has 3 fully saturated rings. The van der Waals surface area contributed by atoms with Crippen molar-refractivity contribution in [3.8, 4) is 0 Å². The average molecular weight is 336 g/mol. The molecule has 4 heterocycles. The zero-order chi connectivity index (χ0) is 17.7. The molecule has 0 unspecified atom stereocenters. The summed E-state index contributed by atoms with van der Waals surface area (Å²) in [6, 6.07) is -0.399. The van der Waals surface area contributed by atoms with E-state index in [-0.39, 0.29) is 12.5 Å². The van der Waals surface area contributed by atoms with Gasteiger partial charge in [-0.05, 0) is 33.8 Å². The van der Waals surface area contributed by atoms with E-state index in [4.69, 9.17) is 9.31 Å². The number of rotatable bonds is 1. The summed E-state index contributed by atoms with van der Waals surface area (Å²) in [6.07, 6.45) is 3.12. The molecule has 0 aromatic rings. The molecule has 4 atom stereocenters. The van der Waals surface area contributed by atoms with Crippen molar-refractivity contribution >= 4 is 19.1 Å². The maximum absolute atomic E-state index is 15.5. The van der Waals surface area contributed by atoms with E-state index in [1.807, 2.05) is 27.7 Å². The lowest BCUT2D eigenvalue weighted by Crippen LogP contribution is -2.67. The molecule has 4 aliphatic heterocycles. The number of piperidine rings is 1. The Morgan fingerprint density at radius 3 is 2.33 bits per heavy atom. The Morgan fingerprint density at radius 1 is 1.17 bits per heavy atom. The molecule has 5 rings (SSSR count). The van der Waals surface area contributed by atoms with Crippen molar-refractivity contribution in [2.75, 3.05) is 13.6 Å². The van der Waals surface area contributed by atoms with Crippen LogP contribution >= 0.6 is 0 Å². The Balaban J connectivity index is 1.70. The molecule has 3 saturated heterocycles. The third-order valence-corrected chi connectivity index (χ3v) is 6.35. The molecule has 6 nitrogen and oxygen atoms in total. The smallest absolute Gasteiger partial charge is 0.389 e. The quantitative estimate of drug-likeness (QED) is 0.402. The van der Waals surface area contributed by atoms with Gasteiger partial charge in [0.15, 0.2) is 5.67 Å². The highest BCUT2D eigenvalue weighted by atomic mass is 19.1. The van der Waals surface area contributed by atoms with Gasteiger partial charge < -0.3 is 9.31 Å². The highest BCUT2D eigenvalue weighted by molar-refractivity contribution is 6.42. The summed E-state index contributed by atoms with van der Waals surface area (Å²) in [5.41, 5.74) is -2.97. The van der Waals surface area contributed by atoms with E-state index in [1.54, 1.807) is 10.9 Å². The summed E-state index contributed by atoms with van der Waals surface area (Å²) >= 11 is 0. The first-order chi connectivity index (χ1) is 11.0. The van der Waals surface area contributed by atoms with Crippen LogP contribution in [-0.2, 0) is 18.9 Å². The van der Waals surface area contributed by atoms with Gasteiger partial charge in [-0.3, -0.25) is 19.3 Å². The number of imide groups is 1. The lowest BCUT2D eigenvalue weighted by Gasteiger charge is -2.50. The third kappa shape index (κ3) is 1.82. The summed E-state index contributed by atoms with van der Waals surface area (Å²) in [4.78, 5) is 27.6. The predicted octanol–water partition coefficient (Wildman–Crippen LogP) is 0.769. The Hall–Kier alpha value is -1.25. The van der Waals surface area contributed by atoms with Gasteiger partial charge in [0.05, 0.1) is 23.0 Å². The second-order valence-electron chi connectivity index (χ2n) is 8.25. The van der Waals surface area contributed by atoms with E-state index in [2.05, 4.69) is 0 Å². The van der Waals surface area contributed by atoms with E-state index in [9.17, 15) is 9.59 Å². The topological polar surface area (TPSA) is 59.1 Å². The fourth-order valence-electron chi connectivity index (χ4n) is 4.18. The number of hydrogen-bond donors (Lipinski definition) is 0. The molecular weight excluding hydrogens is 314 g/mol. The highest BCUT2D eigenvalue weighted by Gasteiger charge is 2.68. The van der Waals surface area contributed by atoms with Crippen LogP contribution in [0.15, 0.2) is 12.2 Å². The molecule has 130 valence electrons. The van der Waals surface area contributed by atoms with Crippen LogP contribution in [0.3, 0.4) is 0 Å². The van der Waals surface area contributed by atoms with Crippen molar-refractivity contribution in [3.05, 3.63) is 12.2 Å². The van der Waals surface area contributed by atoms with Gasteiger partial charge in [-0.25, -0.2) is 4.39 Å². The minimum atomic E-state index is -1.87. The number of carbonyl (C=O) groups is 2. The van der Waals surface area contributed by atoms with Gasteiger partial charge in [0, 0.05) is 19.6 Å². The Kier molecular flexibility index (Phi) is 3.03. The zero-order valence-electron chi connectivity index (χ0n) is 14.6. The predicted molar refractivity (Wildman–Crippen MR) is 84.3 cm³/mol. The number of fused-ring (bicyclic) bond motifs is 1. The lowest BCUT2D eigenvalue weighted by molar-refractivity contribution is -0.138. The SMILES string of the molecule is CN1C(=O)[C@H]2[C@H]3C=C[C@](F)(CN3B3OC(C)(C)C(C)(C)O3)[C@H]2C1=O. The number of halogens is 1. The van der Waals surface area contributed by atoms with Crippen LogP contribution in [0.5, 0.6) is 0 Å². The van der Waals surface area contributed by atoms with Crippen molar-refractivity contribution in [1.29, 1.82) is 0 Å². The van der Waals surface area contributed by atoms with E-state index in [0.29, 0.717) is 0 Å². The normalized spacial score (nSPS) is 43.0. The first kappa shape index (κ1) is 16.2. The molecule has 2 amide bonds. The third-order valence-electron chi connectivity index (χ3n) is 6.35. The summed E-state index contributed by atoms with van der Waals surface area (Å²) in [5.74, 6) is -2.42. The summed E-state index contributed by atoms with van der Waals surface area (Å²) < 4.78 is 27.6. The van der Waals surface area contributed by atoms with Gasteiger partial charge in [0.2, 0.25) is 11.8 Å². The molecule has 8 heteroatoms. The standard InChI is InChI=1S/C16H22BFN2O4/c1-14(2)15(3,4)24-17(23-14)20-8-16(18)7-6-9(20)10-11(16)13(22)19(5)12(10)21/h6-7,9-11H,8H2,1-5H3/t9-,10+,11-,16+/m1/s1. The van der Waals surface area contributed by atoms with Crippen molar-refractivity contribution in [2.45, 2.75) is 50.6 Å². The van der Waals surface area contributed by atoms with E-state index in [0.717, 1.165) is 4.90 Å². The van der Waals surface area contributed by atoms with Gasteiger partial charge in [0.1, 0.15) is 0 Å². The van der Waals surface area contributed by atoms with Gasteiger partial charge in [0.25, 0.3) is 0 Å². The lowest BCUT2D eigenvalue weighted by atomic mass is 9.66. The number of likely N-dealkylation sites (tertiary alicyclic amines) is 1. The Labute approximate surface area is 141 Å². The molecule has 2 bridgehead atoms. The minimum Gasteiger partial charge on any atom is -0.389 e. The highest BCUT2D eigenvalue weighted by Crippen LogP contribution is 2.50. The molecule has 0 radical (unpaired) electrons. The zero-order valence-corrected chi connectivity index (χ0v) is 14.6. The van der Waals surface area contributed by atoms with Crippen LogP contribution in [0, 0.1) is 11.8 Å². The number of carbonyl (C=O) groups excluding carboxylic acids is 2. The van der Waals surface area contributed by atoms with Crippen LogP contribution in [0.25, 0.3) is 0 Å². The monoisotopic (exact) mass is 336 g/mol. The summed E-state index contributed by atoms with van der Waals surface area (Å²) in [7, 11) is 0.681. The number of hydrogen-bond acceptors (Lipinski definition) is 5. The van der Waals surface area contributed by atoms with Crippen LogP contribution in [0.2, 0.25) is 0 Å². The molecule has 0 spiro atoms. The second kappa shape index (κ2) is 4.48. The molecule has 0 aromatic heterocycles. The first-order valence-electron chi connectivity index (χ1n) is 8.30. The van der Waals surface area contributed by atoms with Crippen molar-refractivity contribution in [1.82, 2.24) is 9.71 Å². The summed E-state index contributed by atoms with van der Waals surface area (Å²) in [5, 5.41) is 0. The van der Waals surface area contributed by atoms with E-state index < -0.39 is 47.9 Å².